The number of hydrogen-bond acceptors (Lipinski definition) is 4. The Morgan fingerprint density at radius 1 is 0.853 bits per heavy atom. The van der Waals surface area contributed by atoms with Gasteiger partial charge in [-0.3, -0.25) is 4.79 Å². The zero-order valence-electron chi connectivity index (χ0n) is 18.3. The number of carbonyl (C=O) groups excluding carboxylic acids is 1. The highest BCUT2D eigenvalue weighted by Crippen LogP contribution is 2.64. The molecule has 0 saturated heterocycles. The molecule has 34 heavy (non-hydrogen) atoms. The lowest BCUT2D eigenvalue weighted by Crippen LogP contribution is -2.72. The van der Waals surface area contributed by atoms with Crippen LogP contribution < -0.4 is 9.47 Å². The number of para-hydroxylation sites is 1. The first kappa shape index (κ1) is 23.6. The fraction of sp³-hybridized carbons (Fsp3) is 0.269. The molecule has 0 aliphatic heterocycles. The number of halogens is 4. The van der Waals surface area contributed by atoms with Crippen molar-refractivity contribution in [2.24, 2.45) is 0 Å². The van der Waals surface area contributed by atoms with Crippen LogP contribution >= 0.6 is 0 Å². The minimum absolute atomic E-state index is 0.252. The van der Waals surface area contributed by atoms with Gasteiger partial charge in [-0.1, -0.05) is 42.5 Å². The Balaban J connectivity index is 1.54. The van der Waals surface area contributed by atoms with Crippen LogP contribution in [0.4, 0.5) is 17.6 Å². The summed E-state index contributed by atoms with van der Waals surface area (Å²) < 4.78 is 73.4. The average Bonchev–Trinajstić information content (AvgIpc) is 2.82. The van der Waals surface area contributed by atoms with Crippen LogP contribution in [-0.2, 0) is 21.6 Å². The Morgan fingerprint density at radius 2 is 1.53 bits per heavy atom. The minimum atomic E-state index is -4.61. The number of benzene rings is 3. The third-order valence-electron chi connectivity index (χ3n) is 5.74. The topological polar surface area (TPSA) is 44.8 Å². The SMILES string of the molecule is CCOc1ccc(C2(C(=O)OCc3cccc(Oc4ccccc4)c3)CC(F)(F)C2(F)F)cc1. The second-order valence-corrected chi connectivity index (χ2v) is 7.96. The Morgan fingerprint density at radius 3 is 2.15 bits per heavy atom. The van der Waals surface area contributed by atoms with Gasteiger partial charge in [-0.05, 0) is 54.4 Å². The normalized spacial score (nSPS) is 20.1. The molecule has 4 rings (SSSR count). The van der Waals surface area contributed by atoms with Gasteiger partial charge < -0.3 is 14.2 Å². The zero-order chi connectivity index (χ0) is 24.4. The van der Waals surface area contributed by atoms with Gasteiger partial charge in [0.05, 0.1) is 6.61 Å². The molecule has 1 fully saturated rings. The van der Waals surface area contributed by atoms with E-state index in [2.05, 4.69) is 0 Å². The van der Waals surface area contributed by atoms with Crippen LogP contribution in [0.5, 0.6) is 17.2 Å². The van der Waals surface area contributed by atoms with Gasteiger partial charge in [0.15, 0.2) is 5.41 Å². The summed E-state index contributed by atoms with van der Waals surface area (Å²) in [7, 11) is 0. The molecular weight excluding hydrogens is 452 g/mol. The first-order valence-electron chi connectivity index (χ1n) is 10.7. The van der Waals surface area contributed by atoms with Crippen molar-refractivity contribution in [3.05, 3.63) is 90.0 Å². The monoisotopic (exact) mass is 474 g/mol. The van der Waals surface area contributed by atoms with E-state index in [1.165, 1.54) is 24.3 Å². The molecule has 0 spiro atoms. The second-order valence-electron chi connectivity index (χ2n) is 7.96. The maximum atomic E-state index is 14.8. The number of hydrogen-bond donors (Lipinski definition) is 0. The average molecular weight is 474 g/mol. The lowest BCUT2D eigenvalue weighted by molar-refractivity contribution is -0.323. The largest absolute Gasteiger partial charge is 0.494 e. The summed E-state index contributed by atoms with van der Waals surface area (Å²) in [5.41, 5.74) is -2.59. The number of esters is 1. The zero-order valence-corrected chi connectivity index (χ0v) is 18.3. The van der Waals surface area contributed by atoms with Gasteiger partial charge in [-0.15, -0.1) is 0 Å². The van der Waals surface area contributed by atoms with E-state index in [9.17, 15) is 22.4 Å². The van der Waals surface area contributed by atoms with Crippen LogP contribution in [0.1, 0.15) is 24.5 Å². The van der Waals surface area contributed by atoms with Crippen molar-refractivity contribution in [2.45, 2.75) is 37.2 Å². The predicted octanol–water partition coefficient (Wildman–Crippen LogP) is 6.53. The number of carbonyl (C=O) groups is 1. The molecule has 0 radical (unpaired) electrons. The molecule has 3 aromatic rings. The van der Waals surface area contributed by atoms with Crippen LogP contribution in [0, 0.1) is 0 Å². The maximum absolute atomic E-state index is 14.8. The van der Waals surface area contributed by atoms with Crippen LogP contribution in [0.3, 0.4) is 0 Å². The molecule has 0 aromatic heterocycles. The third kappa shape index (κ3) is 4.08. The van der Waals surface area contributed by atoms with E-state index < -0.39 is 29.7 Å². The molecule has 1 unspecified atom stereocenters. The summed E-state index contributed by atoms with van der Waals surface area (Å²) in [4.78, 5) is 12.9. The first-order valence-corrected chi connectivity index (χ1v) is 10.7. The molecule has 0 amide bonds. The number of alkyl halides is 4. The molecule has 0 bridgehead atoms. The van der Waals surface area contributed by atoms with Gasteiger partial charge in [-0.2, -0.15) is 17.6 Å². The molecule has 1 atom stereocenters. The molecule has 0 heterocycles. The first-order chi connectivity index (χ1) is 16.2. The van der Waals surface area contributed by atoms with Crippen molar-refractivity contribution >= 4 is 5.97 Å². The van der Waals surface area contributed by atoms with Gasteiger partial charge in [0, 0.05) is 6.42 Å². The number of rotatable bonds is 8. The molecule has 3 aromatic carbocycles. The molecule has 1 aliphatic rings. The lowest BCUT2D eigenvalue weighted by Gasteiger charge is -2.51. The van der Waals surface area contributed by atoms with Crippen molar-refractivity contribution in [3.63, 3.8) is 0 Å². The molecule has 0 N–H and O–H groups in total. The van der Waals surface area contributed by atoms with E-state index >= 15 is 0 Å². The number of ether oxygens (including phenoxy) is 3. The van der Waals surface area contributed by atoms with Gasteiger partial charge in [0.2, 0.25) is 0 Å². The van der Waals surface area contributed by atoms with Crippen molar-refractivity contribution in [2.75, 3.05) is 6.61 Å². The quantitative estimate of drug-likeness (QED) is 0.275. The summed E-state index contributed by atoms with van der Waals surface area (Å²) in [6.07, 6.45) is -1.35. The van der Waals surface area contributed by atoms with Gasteiger partial charge in [0.1, 0.15) is 23.9 Å². The summed E-state index contributed by atoms with van der Waals surface area (Å²) >= 11 is 0. The highest BCUT2D eigenvalue weighted by atomic mass is 19.3. The van der Waals surface area contributed by atoms with Crippen molar-refractivity contribution in [1.29, 1.82) is 0 Å². The smallest absolute Gasteiger partial charge is 0.330 e. The summed E-state index contributed by atoms with van der Waals surface area (Å²) in [5, 5.41) is 0. The van der Waals surface area contributed by atoms with Crippen LogP contribution in [0.25, 0.3) is 0 Å². The highest BCUT2D eigenvalue weighted by Gasteiger charge is 2.84. The Labute approximate surface area is 194 Å². The molecule has 178 valence electrons. The molecular formula is C26H22F4O4. The molecule has 8 heteroatoms. The Bertz CT molecular complexity index is 1150. The van der Waals surface area contributed by atoms with Crippen LogP contribution in [-0.4, -0.2) is 24.4 Å². The highest BCUT2D eigenvalue weighted by molar-refractivity contribution is 5.87. The summed E-state index contributed by atoms with van der Waals surface area (Å²) in [6, 6.07) is 20.6. The lowest BCUT2D eigenvalue weighted by atomic mass is 9.58. The van der Waals surface area contributed by atoms with Gasteiger partial charge in [0.25, 0.3) is 0 Å². The molecule has 4 nitrogen and oxygen atoms in total. The van der Waals surface area contributed by atoms with E-state index in [0.29, 0.717) is 29.4 Å². The van der Waals surface area contributed by atoms with E-state index in [1.54, 1.807) is 55.5 Å². The van der Waals surface area contributed by atoms with Crippen molar-refractivity contribution in [1.82, 2.24) is 0 Å². The van der Waals surface area contributed by atoms with Gasteiger partial charge in [-0.25, -0.2) is 0 Å². The fourth-order valence-electron chi connectivity index (χ4n) is 3.96. The van der Waals surface area contributed by atoms with Crippen molar-refractivity contribution in [3.8, 4) is 17.2 Å². The Hall–Kier alpha value is -3.55. The minimum Gasteiger partial charge on any atom is -0.494 e. The second kappa shape index (κ2) is 9.00. The summed E-state index contributed by atoms with van der Waals surface area (Å²) in [5.74, 6) is -8.94. The van der Waals surface area contributed by atoms with Crippen LogP contribution in [0.15, 0.2) is 78.9 Å². The van der Waals surface area contributed by atoms with Crippen LogP contribution in [0.2, 0.25) is 0 Å². The van der Waals surface area contributed by atoms with E-state index in [-0.39, 0.29) is 12.2 Å². The molecule has 1 saturated carbocycles. The fourth-order valence-corrected chi connectivity index (χ4v) is 3.96. The van der Waals surface area contributed by atoms with Crippen molar-refractivity contribution < 1.29 is 36.6 Å². The van der Waals surface area contributed by atoms with E-state index in [1.807, 2.05) is 6.07 Å². The summed E-state index contributed by atoms with van der Waals surface area (Å²) in [6.45, 7) is 1.70. The van der Waals surface area contributed by atoms with Gasteiger partial charge >= 0.3 is 17.8 Å². The standard InChI is InChI=1S/C26H22F4O4/c1-2-32-20-13-11-19(12-14-20)24(17-25(27,28)26(24,29)30)23(31)33-16-18-7-6-10-22(15-18)34-21-8-4-3-5-9-21/h3-15H,2,16-17H2,1H3. The van der Waals surface area contributed by atoms with E-state index in [4.69, 9.17) is 14.2 Å². The van der Waals surface area contributed by atoms with E-state index in [0.717, 1.165) is 0 Å². The third-order valence-corrected chi connectivity index (χ3v) is 5.74. The predicted molar refractivity (Wildman–Crippen MR) is 117 cm³/mol. The maximum Gasteiger partial charge on any atom is 0.330 e. The Kier molecular flexibility index (Phi) is 6.25. The molecule has 1 aliphatic carbocycles.